The van der Waals surface area contributed by atoms with Crippen LogP contribution in [-0.4, -0.2) is 69.2 Å². The van der Waals surface area contributed by atoms with Gasteiger partial charge in [0.05, 0.1) is 12.1 Å². The number of H-pyrrole nitrogens is 1. The zero-order valence-corrected chi connectivity index (χ0v) is 22.7. The fraction of sp³-hybridized carbons (Fsp3) is 0.556. The quantitative estimate of drug-likeness (QED) is 0.190. The van der Waals surface area contributed by atoms with Crippen molar-refractivity contribution in [2.24, 2.45) is 17.6 Å². The van der Waals surface area contributed by atoms with Crippen molar-refractivity contribution in [3.05, 3.63) is 36.0 Å². The predicted octanol–water partition coefficient (Wildman–Crippen LogP) is 1.05. The summed E-state index contributed by atoms with van der Waals surface area (Å²) in [5.41, 5.74) is 7.71. The van der Waals surface area contributed by atoms with E-state index < -0.39 is 54.0 Å². The Balaban J connectivity index is 2.29. The lowest BCUT2D eigenvalue weighted by Gasteiger charge is -2.27. The third-order valence-corrected chi connectivity index (χ3v) is 6.68. The van der Waals surface area contributed by atoms with E-state index in [1.807, 2.05) is 52.0 Å². The first-order valence-electron chi connectivity index (χ1n) is 13.0. The molecule has 11 heteroatoms. The number of aromatic nitrogens is 1. The van der Waals surface area contributed by atoms with Gasteiger partial charge in [-0.05, 0) is 36.8 Å². The number of aromatic amines is 1. The summed E-state index contributed by atoms with van der Waals surface area (Å²) < 4.78 is 0. The minimum absolute atomic E-state index is 0.0125. The maximum absolute atomic E-state index is 13.4. The molecule has 6 atom stereocenters. The molecule has 8 N–H and O–H groups in total. The number of rotatable bonds is 14. The van der Waals surface area contributed by atoms with E-state index in [4.69, 9.17) is 5.73 Å². The molecule has 6 unspecified atom stereocenters. The SMILES string of the molecule is CCC(C)C(N)C(=O)NC(Cc1c[nH]c2ccccc12)C(=O)NC(C(=O)NC(CC(C)C)C(=O)O)C(C)O. The van der Waals surface area contributed by atoms with Gasteiger partial charge in [-0.2, -0.15) is 0 Å². The van der Waals surface area contributed by atoms with Crippen LogP contribution in [0.2, 0.25) is 0 Å². The number of carboxylic acid groups (broad SMARTS) is 1. The molecule has 210 valence electrons. The van der Waals surface area contributed by atoms with E-state index in [0.717, 1.165) is 16.5 Å². The van der Waals surface area contributed by atoms with E-state index in [0.29, 0.717) is 6.42 Å². The molecule has 0 aliphatic carbocycles. The Morgan fingerprint density at radius 2 is 1.58 bits per heavy atom. The molecule has 0 bridgehead atoms. The van der Waals surface area contributed by atoms with Crippen LogP contribution in [0.1, 0.15) is 53.0 Å². The summed E-state index contributed by atoms with van der Waals surface area (Å²) in [5.74, 6) is -3.42. The molecule has 2 rings (SSSR count). The number of nitrogens with two attached hydrogens (primary N) is 1. The monoisotopic (exact) mass is 531 g/mol. The Labute approximate surface area is 222 Å². The van der Waals surface area contributed by atoms with Crippen LogP contribution in [0.5, 0.6) is 0 Å². The highest BCUT2D eigenvalue weighted by Gasteiger charge is 2.33. The Morgan fingerprint density at radius 3 is 2.16 bits per heavy atom. The average molecular weight is 532 g/mol. The maximum atomic E-state index is 13.4. The van der Waals surface area contributed by atoms with Crippen molar-refractivity contribution in [3.8, 4) is 0 Å². The van der Waals surface area contributed by atoms with Crippen molar-refractivity contribution in [2.75, 3.05) is 0 Å². The topological polar surface area (TPSA) is 187 Å². The molecule has 2 aromatic rings. The second-order valence-electron chi connectivity index (χ2n) is 10.3. The Hall–Kier alpha value is -3.44. The van der Waals surface area contributed by atoms with Gasteiger partial charge in [0.1, 0.15) is 18.1 Å². The smallest absolute Gasteiger partial charge is 0.326 e. The first kappa shape index (κ1) is 30.8. The summed E-state index contributed by atoms with van der Waals surface area (Å²) >= 11 is 0. The lowest BCUT2D eigenvalue weighted by molar-refractivity contribution is -0.143. The number of aliphatic carboxylic acids is 1. The number of aliphatic hydroxyl groups excluding tert-OH is 1. The van der Waals surface area contributed by atoms with Crippen molar-refractivity contribution in [2.45, 2.75) is 84.2 Å². The number of carboxylic acids is 1. The summed E-state index contributed by atoms with van der Waals surface area (Å²) in [6.07, 6.45) is 1.34. The van der Waals surface area contributed by atoms with E-state index in [9.17, 15) is 29.4 Å². The van der Waals surface area contributed by atoms with Gasteiger partial charge >= 0.3 is 5.97 Å². The van der Waals surface area contributed by atoms with Crippen molar-refractivity contribution >= 4 is 34.6 Å². The fourth-order valence-corrected chi connectivity index (χ4v) is 4.12. The predicted molar refractivity (Wildman–Crippen MR) is 144 cm³/mol. The molecule has 1 heterocycles. The molecule has 0 saturated carbocycles. The number of hydrogen-bond acceptors (Lipinski definition) is 6. The van der Waals surface area contributed by atoms with Crippen LogP contribution in [-0.2, 0) is 25.6 Å². The van der Waals surface area contributed by atoms with E-state index in [2.05, 4.69) is 20.9 Å². The number of nitrogens with one attached hydrogen (secondary N) is 4. The first-order chi connectivity index (χ1) is 17.8. The van der Waals surface area contributed by atoms with Crippen molar-refractivity contribution in [1.82, 2.24) is 20.9 Å². The molecule has 0 aliphatic heterocycles. The molecule has 38 heavy (non-hydrogen) atoms. The maximum Gasteiger partial charge on any atom is 0.326 e. The zero-order chi connectivity index (χ0) is 28.6. The van der Waals surface area contributed by atoms with Gasteiger partial charge in [-0.3, -0.25) is 14.4 Å². The Kier molecular flexibility index (Phi) is 11.3. The standard InChI is InChI=1S/C27H41N5O6/c1-6-15(4)22(28)25(35)30-20(12-17-13-29-19-10-8-7-9-18(17)19)24(34)32-23(16(5)33)26(36)31-21(27(37)38)11-14(2)3/h7-10,13-16,20-23,29,33H,6,11-12,28H2,1-5H3,(H,30,35)(H,31,36)(H,32,34)(H,37,38). The van der Waals surface area contributed by atoms with E-state index in [-0.39, 0.29) is 24.7 Å². The molecule has 3 amide bonds. The minimum Gasteiger partial charge on any atom is -0.480 e. The number of amides is 3. The molecule has 1 aromatic carbocycles. The van der Waals surface area contributed by atoms with Gasteiger partial charge in [0.2, 0.25) is 17.7 Å². The summed E-state index contributed by atoms with van der Waals surface area (Å²) in [6, 6.07) is 2.91. The van der Waals surface area contributed by atoms with Gasteiger partial charge in [0, 0.05) is 23.5 Å². The van der Waals surface area contributed by atoms with Crippen LogP contribution in [0.25, 0.3) is 10.9 Å². The Morgan fingerprint density at radius 1 is 0.947 bits per heavy atom. The first-order valence-corrected chi connectivity index (χ1v) is 13.0. The molecule has 1 aromatic heterocycles. The highest BCUT2D eigenvalue weighted by Crippen LogP contribution is 2.19. The molecule has 0 aliphatic rings. The Bertz CT molecular complexity index is 1110. The highest BCUT2D eigenvalue weighted by molar-refractivity contribution is 5.95. The molecule has 0 saturated heterocycles. The lowest BCUT2D eigenvalue weighted by atomic mass is 9.98. The number of hydrogen-bond donors (Lipinski definition) is 7. The highest BCUT2D eigenvalue weighted by atomic mass is 16.4. The van der Waals surface area contributed by atoms with Crippen LogP contribution in [0, 0.1) is 11.8 Å². The van der Waals surface area contributed by atoms with Gasteiger partial charge in [-0.1, -0.05) is 52.3 Å². The molecule has 0 radical (unpaired) electrons. The van der Waals surface area contributed by atoms with E-state index in [1.54, 1.807) is 6.20 Å². The van der Waals surface area contributed by atoms with Gasteiger partial charge < -0.3 is 36.9 Å². The second-order valence-corrected chi connectivity index (χ2v) is 10.3. The fourth-order valence-electron chi connectivity index (χ4n) is 4.12. The van der Waals surface area contributed by atoms with Gasteiger partial charge in [-0.15, -0.1) is 0 Å². The van der Waals surface area contributed by atoms with Crippen LogP contribution in [0.3, 0.4) is 0 Å². The summed E-state index contributed by atoms with van der Waals surface area (Å²) in [4.78, 5) is 54.0. The van der Waals surface area contributed by atoms with Crippen LogP contribution >= 0.6 is 0 Å². The summed E-state index contributed by atoms with van der Waals surface area (Å²) in [5, 5.41) is 28.2. The number of carbonyl (C=O) groups is 4. The van der Waals surface area contributed by atoms with Crippen molar-refractivity contribution < 1.29 is 29.4 Å². The average Bonchev–Trinajstić information content (AvgIpc) is 3.27. The lowest BCUT2D eigenvalue weighted by Crippen LogP contribution is -2.60. The van der Waals surface area contributed by atoms with Gasteiger partial charge in [0.15, 0.2) is 0 Å². The normalized spacial score (nSPS) is 16.2. The van der Waals surface area contributed by atoms with Gasteiger partial charge in [-0.25, -0.2) is 4.79 Å². The number of benzene rings is 1. The number of para-hydroxylation sites is 1. The third-order valence-electron chi connectivity index (χ3n) is 6.68. The molecular formula is C27H41N5O6. The van der Waals surface area contributed by atoms with Gasteiger partial charge in [0.25, 0.3) is 0 Å². The van der Waals surface area contributed by atoms with E-state index >= 15 is 0 Å². The third kappa shape index (κ3) is 8.29. The van der Waals surface area contributed by atoms with Crippen molar-refractivity contribution in [1.29, 1.82) is 0 Å². The number of carbonyl (C=O) groups excluding carboxylic acids is 3. The van der Waals surface area contributed by atoms with Crippen LogP contribution in [0.4, 0.5) is 0 Å². The second kappa shape index (κ2) is 13.9. The largest absolute Gasteiger partial charge is 0.480 e. The van der Waals surface area contributed by atoms with Crippen molar-refractivity contribution in [3.63, 3.8) is 0 Å². The molecule has 11 nitrogen and oxygen atoms in total. The van der Waals surface area contributed by atoms with E-state index in [1.165, 1.54) is 6.92 Å². The molecular weight excluding hydrogens is 490 g/mol. The molecule has 0 spiro atoms. The number of fused-ring (bicyclic) bond motifs is 1. The molecule has 0 fully saturated rings. The zero-order valence-electron chi connectivity index (χ0n) is 22.7. The number of aliphatic hydroxyl groups is 1. The minimum atomic E-state index is -1.44. The van der Waals surface area contributed by atoms with Crippen LogP contribution in [0.15, 0.2) is 30.5 Å². The summed E-state index contributed by atoms with van der Waals surface area (Å²) in [6.45, 7) is 8.69. The van der Waals surface area contributed by atoms with Crippen LogP contribution < -0.4 is 21.7 Å². The summed E-state index contributed by atoms with van der Waals surface area (Å²) in [7, 11) is 0.